The van der Waals surface area contributed by atoms with Crippen molar-refractivity contribution in [1.29, 1.82) is 0 Å². The minimum atomic E-state index is -0.0336. The smallest absolute Gasteiger partial charge is 0.267 e. The summed E-state index contributed by atoms with van der Waals surface area (Å²) in [5, 5.41) is 7.56. The Morgan fingerprint density at radius 1 is 1.24 bits per heavy atom. The van der Waals surface area contributed by atoms with E-state index in [9.17, 15) is 4.79 Å². The number of aromatic amines is 1. The Balaban J connectivity index is 1.35. The van der Waals surface area contributed by atoms with Gasteiger partial charge in [-0.3, -0.25) is 4.79 Å². The molecular formula is C20H28N4O. The maximum absolute atomic E-state index is 12.4. The first-order chi connectivity index (χ1) is 12.2. The molecule has 1 aliphatic heterocycles. The van der Waals surface area contributed by atoms with E-state index >= 15 is 0 Å². The van der Waals surface area contributed by atoms with E-state index < -0.39 is 0 Å². The summed E-state index contributed by atoms with van der Waals surface area (Å²) in [5.41, 5.74) is 8.76. The van der Waals surface area contributed by atoms with Gasteiger partial charge in [0.2, 0.25) is 0 Å². The highest BCUT2D eigenvalue weighted by molar-refractivity contribution is 5.98. The Bertz CT molecular complexity index is 749. The van der Waals surface area contributed by atoms with Gasteiger partial charge in [0.25, 0.3) is 5.91 Å². The van der Waals surface area contributed by atoms with Crippen LogP contribution in [0.5, 0.6) is 0 Å². The van der Waals surface area contributed by atoms with Crippen molar-refractivity contribution in [3.8, 4) is 0 Å². The van der Waals surface area contributed by atoms with E-state index in [1.54, 1.807) is 0 Å². The molecule has 1 aliphatic carbocycles. The molecule has 5 heteroatoms. The van der Waals surface area contributed by atoms with Gasteiger partial charge >= 0.3 is 0 Å². The number of amides is 1. The Morgan fingerprint density at radius 3 is 2.88 bits per heavy atom. The number of benzene rings is 1. The molecule has 1 saturated carbocycles. The van der Waals surface area contributed by atoms with Gasteiger partial charge in [0.15, 0.2) is 0 Å². The zero-order valence-corrected chi connectivity index (χ0v) is 14.7. The number of H-pyrrole nitrogens is 1. The quantitative estimate of drug-likeness (QED) is 0.623. The van der Waals surface area contributed by atoms with E-state index in [2.05, 4.69) is 33.8 Å². The third kappa shape index (κ3) is 4.05. The van der Waals surface area contributed by atoms with Crippen LogP contribution in [0.3, 0.4) is 0 Å². The van der Waals surface area contributed by atoms with Crippen molar-refractivity contribution in [3.63, 3.8) is 0 Å². The van der Waals surface area contributed by atoms with Crippen molar-refractivity contribution >= 4 is 16.8 Å². The maximum atomic E-state index is 12.4. The summed E-state index contributed by atoms with van der Waals surface area (Å²) < 4.78 is 0. The molecule has 1 saturated heterocycles. The Hall–Kier alpha value is -1.85. The molecular weight excluding hydrogens is 312 g/mol. The lowest BCUT2D eigenvalue weighted by Gasteiger charge is -2.11. The molecule has 2 fully saturated rings. The average molecular weight is 340 g/mol. The van der Waals surface area contributed by atoms with Crippen LogP contribution in [-0.2, 0) is 6.42 Å². The third-order valence-electron chi connectivity index (χ3n) is 5.63. The van der Waals surface area contributed by atoms with Crippen molar-refractivity contribution in [2.24, 2.45) is 17.6 Å². The molecule has 0 radical (unpaired) electrons. The fraction of sp³-hybridized carbons (Fsp3) is 0.550. The Kier molecular flexibility index (Phi) is 4.77. The number of aryl methyl sites for hydroxylation is 1. The van der Waals surface area contributed by atoms with Crippen LogP contribution in [0, 0.1) is 11.8 Å². The van der Waals surface area contributed by atoms with Crippen molar-refractivity contribution in [1.82, 2.24) is 15.6 Å². The number of rotatable bonds is 7. The number of carbonyl (C=O) groups is 1. The van der Waals surface area contributed by atoms with E-state index in [-0.39, 0.29) is 5.91 Å². The second-order valence-electron chi connectivity index (χ2n) is 7.74. The molecule has 0 spiro atoms. The van der Waals surface area contributed by atoms with Crippen LogP contribution in [0.25, 0.3) is 10.9 Å². The van der Waals surface area contributed by atoms with Gasteiger partial charge in [-0.25, -0.2) is 0 Å². The summed E-state index contributed by atoms with van der Waals surface area (Å²) in [6, 6.07) is 8.78. The van der Waals surface area contributed by atoms with Gasteiger partial charge in [0.05, 0.1) is 0 Å². The van der Waals surface area contributed by atoms with E-state index in [0.29, 0.717) is 30.7 Å². The van der Waals surface area contributed by atoms with Gasteiger partial charge in [-0.1, -0.05) is 25.0 Å². The average Bonchev–Trinajstić information content (AvgIpc) is 3.18. The molecule has 1 aromatic carbocycles. The second kappa shape index (κ2) is 7.18. The van der Waals surface area contributed by atoms with Crippen LogP contribution in [-0.4, -0.2) is 36.6 Å². The van der Waals surface area contributed by atoms with Crippen LogP contribution in [0.4, 0.5) is 0 Å². The molecule has 134 valence electrons. The molecule has 5 nitrogen and oxygen atoms in total. The Labute approximate surface area is 148 Å². The van der Waals surface area contributed by atoms with Crippen LogP contribution >= 0.6 is 0 Å². The summed E-state index contributed by atoms with van der Waals surface area (Å²) in [6.45, 7) is 2.31. The van der Waals surface area contributed by atoms with Crippen molar-refractivity contribution in [2.45, 2.75) is 38.1 Å². The van der Waals surface area contributed by atoms with Crippen LogP contribution in [0.2, 0.25) is 0 Å². The van der Waals surface area contributed by atoms with E-state index in [0.717, 1.165) is 36.2 Å². The second-order valence-corrected chi connectivity index (χ2v) is 7.74. The molecule has 0 bridgehead atoms. The van der Waals surface area contributed by atoms with Gasteiger partial charge in [0, 0.05) is 23.5 Å². The zero-order chi connectivity index (χ0) is 17.2. The number of hydrogen-bond acceptors (Lipinski definition) is 3. The molecule has 2 heterocycles. The van der Waals surface area contributed by atoms with Crippen molar-refractivity contribution in [3.05, 3.63) is 35.5 Å². The van der Waals surface area contributed by atoms with Crippen LogP contribution in [0.15, 0.2) is 24.3 Å². The predicted octanol–water partition coefficient (Wildman–Crippen LogP) is 2.18. The zero-order valence-electron chi connectivity index (χ0n) is 14.7. The van der Waals surface area contributed by atoms with Gasteiger partial charge in [-0.2, -0.15) is 0 Å². The molecule has 2 atom stereocenters. The minimum absolute atomic E-state index is 0.0336. The molecule has 1 amide bonds. The number of carbonyl (C=O) groups excluding carboxylic acids is 1. The SMILES string of the molecule is NC[C@H]1CN[C@H](CNC(=O)c2cc3ccc(CCC4CC4)cc3[nH]2)C1. The first kappa shape index (κ1) is 16.6. The summed E-state index contributed by atoms with van der Waals surface area (Å²) in [7, 11) is 0. The van der Waals surface area contributed by atoms with Gasteiger partial charge < -0.3 is 21.4 Å². The molecule has 0 unspecified atom stereocenters. The lowest BCUT2D eigenvalue weighted by atomic mass is 10.1. The highest BCUT2D eigenvalue weighted by Gasteiger charge is 2.23. The highest BCUT2D eigenvalue weighted by Crippen LogP contribution is 2.33. The molecule has 1 aromatic heterocycles. The van der Waals surface area contributed by atoms with Crippen LogP contribution < -0.4 is 16.4 Å². The lowest BCUT2D eigenvalue weighted by molar-refractivity contribution is 0.0946. The number of hydrogen-bond donors (Lipinski definition) is 4. The minimum Gasteiger partial charge on any atom is -0.351 e. The number of nitrogens with two attached hydrogens (primary N) is 1. The van der Waals surface area contributed by atoms with Gasteiger partial charge in [-0.15, -0.1) is 0 Å². The standard InChI is InChI=1S/C20H28N4O/c21-10-15-7-17(22-11-15)12-23-20(25)19-9-16-6-5-14(8-18(16)24-19)4-3-13-1-2-13/h5-6,8-9,13,15,17,22,24H,1-4,7,10-12,21H2,(H,23,25)/t15-,17-/m0/s1. The summed E-state index contributed by atoms with van der Waals surface area (Å²) >= 11 is 0. The van der Waals surface area contributed by atoms with E-state index in [1.165, 1.54) is 24.8 Å². The lowest BCUT2D eigenvalue weighted by Crippen LogP contribution is -2.37. The third-order valence-corrected chi connectivity index (χ3v) is 5.63. The largest absolute Gasteiger partial charge is 0.351 e. The van der Waals surface area contributed by atoms with E-state index in [1.807, 2.05) is 6.07 Å². The molecule has 2 aliphatic rings. The topological polar surface area (TPSA) is 82.9 Å². The highest BCUT2D eigenvalue weighted by atomic mass is 16.1. The fourth-order valence-corrected chi connectivity index (χ4v) is 3.78. The van der Waals surface area contributed by atoms with Crippen LogP contribution in [0.1, 0.15) is 41.7 Å². The first-order valence-corrected chi connectivity index (χ1v) is 9.54. The normalized spacial score (nSPS) is 23.2. The summed E-state index contributed by atoms with van der Waals surface area (Å²) in [6.07, 6.45) is 6.26. The summed E-state index contributed by atoms with van der Waals surface area (Å²) in [5.74, 6) is 1.45. The summed E-state index contributed by atoms with van der Waals surface area (Å²) in [4.78, 5) is 15.7. The molecule has 5 N–H and O–H groups in total. The number of fused-ring (bicyclic) bond motifs is 1. The van der Waals surface area contributed by atoms with E-state index in [4.69, 9.17) is 5.73 Å². The van der Waals surface area contributed by atoms with Gasteiger partial charge in [0.1, 0.15) is 5.69 Å². The molecule has 25 heavy (non-hydrogen) atoms. The molecule has 2 aromatic rings. The monoisotopic (exact) mass is 340 g/mol. The Morgan fingerprint density at radius 2 is 2.12 bits per heavy atom. The molecule has 4 rings (SSSR count). The van der Waals surface area contributed by atoms with Crippen molar-refractivity contribution < 1.29 is 4.79 Å². The maximum Gasteiger partial charge on any atom is 0.267 e. The first-order valence-electron chi connectivity index (χ1n) is 9.54. The fourth-order valence-electron chi connectivity index (χ4n) is 3.78. The number of nitrogens with one attached hydrogen (secondary N) is 3. The van der Waals surface area contributed by atoms with Crippen molar-refractivity contribution in [2.75, 3.05) is 19.6 Å². The van der Waals surface area contributed by atoms with Gasteiger partial charge in [-0.05, 0) is 61.9 Å². The predicted molar refractivity (Wildman–Crippen MR) is 101 cm³/mol. The number of aromatic nitrogens is 1.